The van der Waals surface area contributed by atoms with Gasteiger partial charge in [-0.05, 0) is 52.0 Å². The molecule has 2 fully saturated rings. The molecule has 3 aliphatic rings. The Morgan fingerprint density at radius 1 is 1.52 bits per heavy atom. The lowest BCUT2D eigenvalue weighted by atomic mass is 9.83. The van der Waals surface area contributed by atoms with E-state index in [1.807, 2.05) is 20.8 Å². The first-order valence-electron chi connectivity index (χ1n) is 9.72. The number of hydrogen-bond donors (Lipinski definition) is 1. The molecule has 0 saturated carbocycles. The molecule has 0 aromatic carbocycles. The molecule has 150 valence electrons. The fourth-order valence-electron chi connectivity index (χ4n) is 3.96. The van der Waals surface area contributed by atoms with E-state index >= 15 is 0 Å². The van der Waals surface area contributed by atoms with Gasteiger partial charge in [0.05, 0.1) is 17.6 Å². The standard InChI is InChI=1S/C21H30O6/c1-6-20(4,24)11-16(22)25-15-10-14-13(3)19(23)26-17(14)18-21(5,27-18)9-7-8-12(15)2/h8,14-15,17-18,24H,3,6-7,9-11H2,1-2,4-5H3/b12-8-/t14-,15+,17+,18+,20-,21-/m0/s1. The summed E-state index contributed by atoms with van der Waals surface area (Å²) in [5.74, 6) is -1.10. The van der Waals surface area contributed by atoms with Gasteiger partial charge in [-0.25, -0.2) is 4.79 Å². The average molecular weight is 378 g/mol. The molecule has 6 heteroatoms. The molecule has 6 atom stereocenters. The van der Waals surface area contributed by atoms with Crippen molar-refractivity contribution in [1.82, 2.24) is 0 Å². The molecule has 2 aliphatic heterocycles. The van der Waals surface area contributed by atoms with Gasteiger partial charge in [-0.2, -0.15) is 0 Å². The molecule has 6 nitrogen and oxygen atoms in total. The number of ether oxygens (including phenoxy) is 3. The third kappa shape index (κ3) is 4.11. The van der Waals surface area contributed by atoms with Gasteiger partial charge < -0.3 is 19.3 Å². The summed E-state index contributed by atoms with van der Waals surface area (Å²) in [6.07, 6.45) is 3.49. The Balaban J connectivity index is 1.80. The first-order chi connectivity index (χ1) is 12.6. The second-order valence-electron chi connectivity index (χ2n) is 8.58. The van der Waals surface area contributed by atoms with Crippen molar-refractivity contribution < 1.29 is 28.9 Å². The molecule has 0 radical (unpaired) electrons. The van der Waals surface area contributed by atoms with Crippen molar-refractivity contribution in [3.8, 4) is 0 Å². The minimum Gasteiger partial charge on any atom is -0.458 e. The van der Waals surface area contributed by atoms with E-state index < -0.39 is 23.6 Å². The van der Waals surface area contributed by atoms with Crippen LogP contribution < -0.4 is 0 Å². The van der Waals surface area contributed by atoms with Crippen LogP contribution in [0.3, 0.4) is 0 Å². The topological polar surface area (TPSA) is 85.4 Å². The Kier molecular flexibility index (Phi) is 5.25. The van der Waals surface area contributed by atoms with Crippen molar-refractivity contribution in [3.05, 3.63) is 23.8 Å². The number of epoxide rings is 1. The zero-order chi connectivity index (χ0) is 20.0. The quantitative estimate of drug-likeness (QED) is 0.350. The highest BCUT2D eigenvalue weighted by molar-refractivity contribution is 5.91. The second-order valence-corrected chi connectivity index (χ2v) is 8.58. The van der Waals surface area contributed by atoms with Crippen LogP contribution in [0.5, 0.6) is 0 Å². The van der Waals surface area contributed by atoms with E-state index in [9.17, 15) is 14.7 Å². The van der Waals surface area contributed by atoms with Crippen molar-refractivity contribution >= 4 is 11.9 Å². The monoisotopic (exact) mass is 378 g/mol. The van der Waals surface area contributed by atoms with Crippen molar-refractivity contribution in [2.75, 3.05) is 0 Å². The number of esters is 2. The van der Waals surface area contributed by atoms with Gasteiger partial charge in [0.25, 0.3) is 0 Å². The summed E-state index contributed by atoms with van der Waals surface area (Å²) < 4.78 is 17.2. The van der Waals surface area contributed by atoms with Crippen LogP contribution in [0.2, 0.25) is 0 Å². The SMILES string of the molecule is C=C1C(=O)O[C@H]2[C@H]3O[C@@]3(C)CC/C=C(/C)[C@H](OC(=O)C[C@@](C)(O)CC)C[C@@H]12. The highest BCUT2D eigenvalue weighted by atomic mass is 16.6. The molecule has 2 heterocycles. The predicted molar refractivity (Wildman–Crippen MR) is 98.8 cm³/mol. The lowest BCUT2D eigenvalue weighted by molar-refractivity contribution is -0.153. The summed E-state index contributed by atoms with van der Waals surface area (Å²) in [6, 6.07) is 0. The van der Waals surface area contributed by atoms with Gasteiger partial charge in [0.2, 0.25) is 0 Å². The maximum atomic E-state index is 12.4. The van der Waals surface area contributed by atoms with E-state index in [4.69, 9.17) is 14.2 Å². The van der Waals surface area contributed by atoms with Crippen molar-refractivity contribution in [2.45, 2.75) is 89.3 Å². The molecule has 27 heavy (non-hydrogen) atoms. The first-order valence-corrected chi connectivity index (χ1v) is 9.72. The number of allylic oxidation sites excluding steroid dienone is 1. The lowest BCUT2D eigenvalue weighted by Gasteiger charge is -2.27. The Morgan fingerprint density at radius 3 is 2.89 bits per heavy atom. The average Bonchev–Trinajstić information content (AvgIpc) is 3.17. The number of aliphatic hydroxyl groups is 1. The van der Waals surface area contributed by atoms with Crippen LogP contribution in [-0.4, -0.2) is 46.6 Å². The number of fused-ring (bicyclic) bond motifs is 3. The number of rotatable bonds is 4. The van der Waals surface area contributed by atoms with Gasteiger partial charge in [0.1, 0.15) is 18.3 Å². The molecule has 2 saturated heterocycles. The van der Waals surface area contributed by atoms with E-state index in [1.54, 1.807) is 6.92 Å². The van der Waals surface area contributed by atoms with E-state index in [0.717, 1.165) is 18.4 Å². The Hall–Kier alpha value is -1.66. The lowest BCUT2D eigenvalue weighted by Crippen LogP contribution is -2.34. The van der Waals surface area contributed by atoms with Gasteiger partial charge in [-0.3, -0.25) is 4.79 Å². The van der Waals surface area contributed by atoms with Crippen LogP contribution in [0.4, 0.5) is 0 Å². The minimum absolute atomic E-state index is 0.0679. The molecule has 0 aromatic rings. The predicted octanol–water partition coefficient (Wildman–Crippen LogP) is 2.83. The van der Waals surface area contributed by atoms with E-state index in [1.165, 1.54) is 0 Å². The van der Waals surface area contributed by atoms with Crippen LogP contribution >= 0.6 is 0 Å². The number of carbonyl (C=O) groups excluding carboxylic acids is 2. The molecular weight excluding hydrogens is 348 g/mol. The van der Waals surface area contributed by atoms with Crippen LogP contribution in [0.25, 0.3) is 0 Å². The van der Waals surface area contributed by atoms with Crippen LogP contribution in [0, 0.1) is 5.92 Å². The van der Waals surface area contributed by atoms with E-state index in [-0.39, 0.29) is 30.1 Å². The Morgan fingerprint density at radius 2 is 2.22 bits per heavy atom. The normalized spacial score (nSPS) is 40.0. The fourth-order valence-corrected chi connectivity index (χ4v) is 3.96. The van der Waals surface area contributed by atoms with Crippen LogP contribution in [-0.2, 0) is 23.8 Å². The Bertz CT molecular complexity index is 678. The molecule has 0 amide bonds. The van der Waals surface area contributed by atoms with Gasteiger partial charge in [-0.15, -0.1) is 0 Å². The van der Waals surface area contributed by atoms with Gasteiger partial charge in [0.15, 0.2) is 0 Å². The first kappa shape index (κ1) is 20.1. The summed E-state index contributed by atoms with van der Waals surface area (Å²) in [6.45, 7) is 11.3. The molecule has 1 N–H and O–H groups in total. The summed E-state index contributed by atoms with van der Waals surface area (Å²) in [5.41, 5.74) is -0.0261. The maximum Gasteiger partial charge on any atom is 0.334 e. The molecule has 0 aromatic heterocycles. The third-order valence-corrected chi connectivity index (χ3v) is 6.23. The highest BCUT2D eigenvalue weighted by Crippen LogP contribution is 2.50. The highest BCUT2D eigenvalue weighted by Gasteiger charge is 2.61. The van der Waals surface area contributed by atoms with E-state index in [0.29, 0.717) is 18.4 Å². The van der Waals surface area contributed by atoms with Gasteiger partial charge in [-0.1, -0.05) is 19.6 Å². The minimum atomic E-state index is -1.09. The summed E-state index contributed by atoms with van der Waals surface area (Å²) in [5, 5.41) is 10.2. The summed E-state index contributed by atoms with van der Waals surface area (Å²) >= 11 is 0. The largest absolute Gasteiger partial charge is 0.458 e. The summed E-state index contributed by atoms with van der Waals surface area (Å²) in [7, 11) is 0. The van der Waals surface area contributed by atoms with Crippen molar-refractivity contribution in [1.29, 1.82) is 0 Å². The number of hydrogen-bond acceptors (Lipinski definition) is 6. The van der Waals surface area contributed by atoms with Crippen LogP contribution in [0.1, 0.15) is 59.8 Å². The van der Waals surface area contributed by atoms with Crippen LogP contribution in [0.15, 0.2) is 23.8 Å². The van der Waals surface area contributed by atoms with Gasteiger partial charge in [0, 0.05) is 11.5 Å². The third-order valence-electron chi connectivity index (χ3n) is 6.23. The zero-order valence-electron chi connectivity index (χ0n) is 16.6. The Labute approximate surface area is 160 Å². The summed E-state index contributed by atoms with van der Waals surface area (Å²) in [4.78, 5) is 24.5. The van der Waals surface area contributed by atoms with Gasteiger partial charge >= 0.3 is 11.9 Å². The van der Waals surface area contributed by atoms with Crippen molar-refractivity contribution in [3.63, 3.8) is 0 Å². The van der Waals surface area contributed by atoms with Crippen molar-refractivity contribution in [2.24, 2.45) is 5.92 Å². The molecule has 0 bridgehead atoms. The second kappa shape index (κ2) is 7.06. The molecule has 1 aliphatic carbocycles. The molecular formula is C21H30O6. The molecule has 0 spiro atoms. The van der Waals surface area contributed by atoms with E-state index in [2.05, 4.69) is 12.7 Å². The number of carbonyl (C=O) groups is 2. The fraction of sp³-hybridized carbons (Fsp3) is 0.714. The molecule has 3 rings (SSSR count). The maximum absolute atomic E-state index is 12.4. The molecule has 0 unspecified atom stereocenters. The smallest absolute Gasteiger partial charge is 0.334 e. The zero-order valence-corrected chi connectivity index (χ0v) is 16.6.